The molecule has 2 rings (SSSR count). The first-order chi connectivity index (χ1) is 7.49. The molecule has 16 heavy (non-hydrogen) atoms. The predicted molar refractivity (Wildman–Crippen MR) is 66.3 cm³/mol. The zero-order chi connectivity index (χ0) is 11.9. The van der Waals surface area contributed by atoms with E-state index in [9.17, 15) is 4.79 Å². The third-order valence-electron chi connectivity index (χ3n) is 2.93. The van der Waals surface area contributed by atoms with Gasteiger partial charge >= 0.3 is 5.97 Å². The van der Waals surface area contributed by atoms with E-state index in [1.807, 2.05) is 13.8 Å². The second-order valence-electron chi connectivity index (χ2n) is 4.24. The summed E-state index contributed by atoms with van der Waals surface area (Å²) >= 11 is 1.43. The van der Waals surface area contributed by atoms with Crippen molar-refractivity contribution in [2.75, 3.05) is 5.32 Å². The summed E-state index contributed by atoms with van der Waals surface area (Å²) in [5.74, 6) is -0.756. The highest BCUT2D eigenvalue weighted by atomic mass is 32.2. The first kappa shape index (κ1) is 11.3. The number of aryl methyl sites for hydroxylation is 2. The number of thioether (sulfide) groups is 1. The van der Waals surface area contributed by atoms with Crippen molar-refractivity contribution < 1.29 is 9.90 Å². The summed E-state index contributed by atoms with van der Waals surface area (Å²) in [5, 5.41) is 11.9. The third kappa shape index (κ3) is 1.89. The van der Waals surface area contributed by atoms with Crippen molar-refractivity contribution >= 4 is 23.4 Å². The lowest BCUT2D eigenvalue weighted by Gasteiger charge is -2.29. The monoisotopic (exact) mass is 237 g/mol. The van der Waals surface area contributed by atoms with Crippen LogP contribution in [0.25, 0.3) is 0 Å². The standard InChI is InChI=1S/C12H15NO2S/c1-6-4-9-10(5-7(6)2)16-11(12(14)15)8(3)13-9/h4-5,8,11,13H,1-3H3,(H,14,15). The van der Waals surface area contributed by atoms with E-state index in [4.69, 9.17) is 5.11 Å². The molecule has 3 nitrogen and oxygen atoms in total. The molecular weight excluding hydrogens is 222 g/mol. The lowest BCUT2D eigenvalue weighted by molar-refractivity contribution is -0.136. The number of aliphatic carboxylic acids is 1. The van der Waals surface area contributed by atoms with Crippen molar-refractivity contribution in [3.63, 3.8) is 0 Å². The Balaban J connectivity index is 2.39. The zero-order valence-electron chi connectivity index (χ0n) is 9.57. The van der Waals surface area contributed by atoms with E-state index in [0.29, 0.717) is 0 Å². The normalized spacial score (nSPS) is 23.4. The molecule has 1 aliphatic heterocycles. The average molecular weight is 237 g/mol. The van der Waals surface area contributed by atoms with Crippen molar-refractivity contribution in [1.29, 1.82) is 0 Å². The van der Waals surface area contributed by atoms with Crippen LogP contribution in [0.5, 0.6) is 0 Å². The highest BCUT2D eigenvalue weighted by molar-refractivity contribution is 8.00. The minimum absolute atomic E-state index is 0.0443. The Kier molecular flexibility index (Phi) is 2.84. The van der Waals surface area contributed by atoms with Crippen molar-refractivity contribution in [2.45, 2.75) is 37.0 Å². The average Bonchev–Trinajstić information content (AvgIpc) is 2.19. The van der Waals surface area contributed by atoms with Gasteiger partial charge in [-0.3, -0.25) is 4.79 Å². The Hall–Kier alpha value is -1.16. The Labute approximate surface area is 99.2 Å². The maximum Gasteiger partial charge on any atom is 0.319 e. The van der Waals surface area contributed by atoms with Crippen molar-refractivity contribution in [3.8, 4) is 0 Å². The van der Waals surface area contributed by atoms with Gasteiger partial charge in [0, 0.05) is 16.6 Å². The molecule has 0 aromatic heterocycles. The molecule has 2 unspecified atom stereocenters. The van der Waals surface area contributed by atoms with Gasteiger partial charge in [-0.2, -0.15) is 0 Å². The van der Waals surface area contributed by atoms with E-state index in [2.05, 4.69) is 24.4 Å². The van der Waals surface area contributed by atoms with E-state index in [1.165, 1.54) is 22.9 Å². The Morgan fingerprint density at radius 1 is 1.38 bits per heavy atom. The number of fused-ring (bicyclic) bond motifs is 1. The number of hydrogen-bond acceptors (Lipinski definition) is 3. The first-order valence-electron chi connectivity index (χ1n) is 5.26. The molecule has 0 saturated heterocycles. The highest BCUT2D eigenvalue weighted by Crippen LogP contribution is 2.39. The van der Waals surface area contributed by atoms with Crippen LogP contribution in [0, 0.1) is 13.8 Å². The summed E-state index contributed by atoms with van der Waals surface area (Å²) in [6.45, 7) is 6.02. The minimum atomic E-state index is -0.756. The van der Waals surface area contributed by atoms with Crippen molar-refractivity contribution in [2.24, 2.45) is 0 Å². The number of carboxylic acids is 1. The topological polar surface area (TPSA) is 49.3 Å². The quantitative estimate of drug-likeness (QED) is 0.788. The van der Waals surface area contributed by atoms with Crippen LogP contribution in [0.2, 0.25) is 0 Å². The largest absolute Gasteiger partial charge is 0.480 e. The summed E-state index contributed by atoms with van der Waals surface area (Å²) in [5.41, 5.74) is 3.48. The van der Waals surface area contributed by atoms with Gasteiger partial charge in [-0.05, 0) is 44.0 Å². The van der Waals surface area contributed by atoms with E-state index >= 15 is 0 Å². The molecule has 0 saturated carbocycles. The lowest BCUT2D eigenvalue weighted by Crippen LogP contribution is -2.37. The van der Waals surface area contributed by atoms with Crippen LogP contribution in [0.15, 0.2) is 17.0 Å². The highest BCUT2D eigenvalue weighted by Gasteiger charge is 2.31. The van der Waals surface area contributed by atoms with Gasteiger partial charge in [0.1, 0.15) is 5.25 Å². The van der Waals surface area contributed by atoms with Gasteiger partial charge in [-0.1, -0.05) is 0 Å². The molecule has 0 fully saturated rings. The van der Waals surface area contributed by atoms with E-state index in [0.717, 1.165) is 10.6 Å². The second kappa shape index (κ2) is 4.01. The summed E-state index contributed by atoms with van der Waals surface area (Å²) in [4.78, 5) is 12.1. The molecule has 1 aromatic carbocycles. The number of carboxylic acid groups (broad SMARTS) is 1. The Bertz CT molecular complexity index is 445. The Morgan fingerprint density at radius 2 is 2.00 bits per heavy atom. The molecule has 0 radical (unpaired) electrons. The van der Waals surface area contributed by atoms with Crippen LogP contribution >= 0.6 is 11.8 Å². The van der Waals surface area contributed by atoms with E-state index < -0.39 is 11.2 Å². The maximum atomic E-state index is 11.1. The van der Waals surface area contributed by atoms with Gasteiger partial charge < -0.3 is 10.4 Å². The van der Waals surface area contributed by atoms with Crippen molar-refractivity contribution in [1.82, 2.24) is 0 Å². The number of rotatable bonds is 1. The SMILES string of the molecule is Cc1cc2c(cc1C)SC(C(=O)O)C(C)N2. The predicted octanol–water partition coefficient (Wildman–Crippen LogP) is 2.66. The molecule has 86 valence electrons. The Morgan fingerprint density at radius 3 is 2.62 bits per heavy atom. The van der Waals surface area contributed by atoms with Crippen LogP contribution in [0.4, 0.5) is 5.69 Å². The molecule has 0 bridgehead atoms. The van der Waals surface area contributed by atoms with Gasteiger partial charge in [0.05, 0.1) is 0 Å². The molecular formula is C12H15NO2S. The number of carbonyl (C=O) groups is 1. The summed E-state index contributed by atoms with van der Waals surface area (Å²) < 4.78 is 0. The third-order valence-corrected chi connectivity index (χ3v) is 4.39. The van der Waals surface area contributed by atoms with Crippen molar-refractivity contribution in [3.05, 3.63) is 23.3 Å². The van der Waals surface area contributed by atoms with E-state index in [1.54, 1.807) is 0 Å². The number of nitrogens with one attached hydrogen (secondary N) is 1. The van der Waals surface area contributed by atoms with Gasteiger partial charge in [0.25, 0.3) is 0 Å². The number of hydrogen-bond donors (Lipinski definition) is 2. The molecule has 1 heterocycles. The molecule has 0 spiro atoms. The first-order valence-corrected chi connectivity index (χ1v) is 6.14. The van der Waals surface area contributed by atoms with Crippen LogP contribution in [0.1, 0.15) is 18.1 Å². The maximum absolute atomic E-state index is 11.1. The summed E-state index contributed by atoms with van der Waals surface area (Å²) in [6, 6.07) is 4.10. The fraction of sp³-hybridized carbons (Fsp3) is 0.417. The van der Waals surface area contributed by atoms with Gasteiger partial charge in [0.2, 0.25) is 0 Å². The molecule has 1 aliphatic rings. The summed E-state index contributed by atoms with van der Waals surface area (Å²) in [6.07, 6.45) is 0. The molecule has 4 heteroatoms. The minimum Gasteiger partial charge on any atom is -0.480 e. The molecule has 0 amide bonds. The fourth-order valence-corrected chi connectivity index (χ4v) is 2.96. The summed E-state index contributed by atoms with van der Waals surface area (Å²) in [7, 11) is 0. The smallest absolute Gasteiger partial charge is 0.319 e. The van der Waals surface area contributed by atoms with Gasteiger partial charge in [0.15, 0.2) is 0 Å². The zero-order valence-corrected chi connectivity index (χ0v) is 10.4. The van der Waals surface area contributed by atoms with Crippen LogP contribution in [-0.4, -0.2) is 22.4 Å². The van der Waals surface area contributed by atoms with Crippen LogP contribution < -0.4 is 5.32 Å². The molecule has 0 aliphatic carbocycles. The number of anilines is 1. The van der Waals surface area contributed by atoms with Gasteiger partial charge in [-0.25, -0.2) is 0 Å². The lowest BCUT2D eigenvalue weighted by atomic mass is 10.1. The molecule has 2 N–H and O–H groups in total. The second-order valence-corrected chi connectivity index (χ2v) is 5.43. The van der Waals surface area contributed by atoms with Crippen LogP contribution in [-0.2, 0) is 4.79 Å². The van der Waals surface area contributed by atoms with Crippen LogP contribution in [0.3, 0.4) is 0 Å². The fourth-order valence-electron chi connectivity index (χ4n) is 1.82. The van der Waals surface area contributed by atoms with Gasteiger partial charge in [-0.15, -0.1) is 11.8 Å². The molecule has 1 aromatic rings. The van der Waals surface area contributed by atoms with E-state index in [-0.39, 0.29) is 6.04 Å². The number of benzene rings is 1. The molecule has 2 atom stereocenters.